The Labute approximate surface area is 131 Å². The maximum absolute atomic E-state index is 12.3. The molecule has 1 aliphatic heterocycles. The number of carbonyl (C=O) groups is 1. The standard InChI is InChI=1S/C14H23N3OS.ClH/c1-14(2,12-4-3-11-19-12)13(18)16-7-10-17-8-5-15-6-9-17;/h3-4,11,15H,5-10H2,1-2H3,(H,16,18);1H. The minimum atomic E-state index is -0.433. The van der Waals surface area contributed by atoms with Gasteiger partial charge in [-0.2, -0.15) is 0 Å². The van der Waals surface area contributed by atoms with Crippen molar-refractivity contribution in [1.29, 1.82) is 0 Å². The first kappa shape index (κ1) is 17.4. The van der Waals surface area contributed by atoms with Crippen LogP contribution in [0, 0.1) is 0 Å². The first-order valence-corrected chi connectivity index (χ1v) is 7.74. The van der Waals surface area contributed by atoms with Crippen LogP contribution in [-0.2, 0) is 10.2 Å². The van der Waals surface area contributed by atoms with Crippen molar-refractivity contribution < 1.29 is 4.79 Å². The molecule has 0 spiro atoms. The van der Waals surface area contributed by atoms with Gasteiger partial charge in [0.2, 0.25) is 5.91 Å². The van der Waals surface area contributed by atoms with Gasteiger partial charge in [-0.1, -0.05) is 6.07 Å². The van der Waals surface area contributed by atoms with E-state index in [0.29, 0.717) is 0 Å². The van der Waals surface area contributed by atoms with E-state index in [4.69, 9.17) is 0 Å². The van der Waals surface area contributed by atoms with Gasteiger partial charge in [0.25, 0.3) is 0 Å². The molecule has 1 aromatic heterocycles. The molecule has 0 radical (unpaired) electrons. The Bertz CT molecular complexity index is 403. The van der Waals surface area contributed by atoms with Crippen LogP contribution in [0.2, 0.25) is 0 Å². The van der Waals surface area contributed by atoms with Gasteiger partial charge in [0.15, 0.2) is 0 Å². The zero-order valence-electron chi connectivity index (χ0n) is 12.1. The molecule has 1 aliphatic rings. The predicted molar refractivity (Wildman–Crippen MR) is 86.9 cm³/mol. The molecule has 1 fully saturated rings. The predicted octanol–water partition coefficient (Wildman–Crippen LogP) is 1.47. The fourth-order valence-electron chi connectivity index (χ4n) is 2.23. The summed E-state index contributed by atoms with van der Waals surface area (Å²) < 4.78 is 0. The Hall–Kier alpha value is -0.620. The molecule has 0 aromatic carbocycles. The number of amides is 1. The molecule has 1 amide bonds. The summed E-state index contributed by atoms with van der Waals surface area (Å²) in [7, 11) is 0. The Morgan fingerprint density at radius 3 is 2.75 bits per heavy atom. The van der Waals surface area contributed by atoms with Crippen LogP contribution in [0.3, 0.4) is 0 Å². The molecule has 0 bridgehead atoms. The molecule has 20 heavy (non-hydrogen) atoms. The second-order valence-electron chi connectivity index (χ2n) is 5.45. The van der Waals surface area contributed by atoms with Crippen LogP contribution < -0.4 is 10.6 Å². The van der Waals surface area contributed by atoms with E-state index in [1.54, 1.807) is 11.3 Å². The fourth-order valence-corrected chi connectivity index (χ4v) is 3.08. The molecule has 2 heterocycles. The third-order valence-electron chi connectivity index (χ3n) is 3.63. The van der Waals surface area contributed by atoms with Crippen LogP contribution in [0.15, 0.2) is 17.5 Å². The third-order valence-corrected chi connectivity index (χ3v) is 4.82. The van der Waals surface area contributed by atoms with Crippen LogP contribution in [0.5, 0.6) is 0 Å². The molecule has 0 unspecified atom stereocenters. The minimum absolute atomic E-state index is 0. The van der Waals surface area contributed by atoms with Crippen molar-refractivity contribution in [2.24, 2.45) is 0 Å². The molecule has 2 N–H and O–H groups in total. The molecule has 0 saturated carbocycles. The minimum Gasteiger partial charge on any atom is -0.354 e. The van der Waals surface area contributed by atoms with Crippen molar-refractivity contribution in [2.45, 2.75) is 19.3 Å². The largest absolute Gasteiger partial charge is 0.354 e. The van der Waals surface area contributed by atoms with E-state index in [0.717, 1.165) is 44.1 Å². The van der Waals surface area contributed by atoms with Gasteiger partial charge >= 0.3 is 0 Å². The van der Waals surface area contributed by atoms with Crippen molar-refractivity contribution in [3.63, 3.8) is 0 Å². The number of carbonyl (C=O) groups excluding carboxylic acids is 1. The monoisotopic (exact) mass is 317 g/mol. The number of piperazine rings is 1. The zero-order valence-corrected chi connectivity index (χ0v) is 13.8. The summed E-state index contributed by atoms with van der Waals surface area (Å²) in [5, 5.41) is 8.41. The average molecular weight is 318 g/mol. The number of nitrogens with zero attached hydrogens (tertiary/aromatic N) is 1. The molecule has 1 saturated heterocycles. The first-order chi connectivity index (χ1) is 9.10. The van der Waals surface area contributed by atoms with E-state index in [1.165, 1.54) is 0 Å². The van der Waals surface area contributed by atoms with Gasteiger partial charge in [-0.05, 0) is 25.3 Å². The summed E-state index contributed by atoms with van der Waals surface area (Å²) >= 11 is 1.64. The summed E-state index contributed by atoms with van der Waals surface area (Å²) in [5.74, 6) is 0.116. The van der Waals surface area contributed by atoms with E-state index in [1.807, 2.05) is 31.4 Å². The lowest BCUT2D eigenvalue weighted by atomic mass is 9.90. The van der Waals surface area contributed by atoms with Gasteiger partial charge in [0.05, 0.1) is 5.41 Å². The van der Waals surface area contributed by atoms with Gasteiger partial charge in [0, 0.05) is 44.1 Å². The van der Waals surface area contributed by atoms with Crippen molar-refractivity contribution in [2.75, 3.05) is 39.3 Å². The Morgan fingerprint density at radius 1 is 1.45 bits per heavy atom. The highest BCUT2D eigenvalue weighted by Crippen LogP contribution is 2.27. The first-order valence-electron chi connectivity index (χ1n) is 6.86. The van der Waals surface area contributed by atoms with Crippen molar-refractivity contribution in [3.8, 4) is 0 Å². The lowest BCUT2D eigenvalue weighted by molar-refractivity contribution is -0.125. The van der Waals surface area contributed by atoms with Crippen molar-refractivity contribution in [3.05, 3.63) is 22.4 Å². The summed E-state index contributed by atoms with van der Waals surface area (Å²) in [5.41, 5.74) is -0.433. The van der Waals surface area contributed by atoms with Gasteiger partial charge in [-0.25, -0.2) is 0 Å². The maximum Gasteiger partial charge on any atom is 0.230 e. The number of hydrogen-bond donors (Lipinski definition) is 2. The van der Waals surface area contributed by atoms with E-state index in [2.05, 4.69) is 15.5 Å². The third kappa shape index (κ3) is 4.45. The maximum atomic E-state index is 12.3. The van der Waals surface area contributed by atoms with Gasteiger partial charge in [0.1, 0.15) is 0 Å². The van der Waals surface area contributed by atoms with Crippen molar-refractivity contribution >= 4 is 29.7 Å². The number of rotatable bonds is 5. The van der Waals surface area contributed by atoms with Crippen LogP contribution >= 0.6 is 23.7 Å². The van der Waals surface area contributed by atoms with Gasteiger partial charge in [-0.3, -0.25) is 9.69 Å². The molecule has 114 valence electrons. The number of nitrogens with one attached hydrogen (secondary N) is 2. The average Bonchev–Trinajstić information content (AvgIpc) is 2.94. The Balaban J connectivity index is 0.00000200. The molecule has 6 heteroatoms. The summed E-state index contributed by atoms with van der Waals surface area (Å²) in [6.07, 6.45) is 0. The Kier molecular flexibility index (Phi) is 6.95. The highest BCUT2D eigenvalue weighted by atomic mass is 35.5. The summed E-state index contributed by atoms with van der Waals surface area (Å²) in [6.45, 7) is 9.89. The van der Waals surface area contributed by atoms with Crippen LogP contribution in [0.25, 0.3) is 0 Å². The topological polar surface area (TPSA) is 44.4 Å². The lowest BCUT2D eigenvalue weighted by Gasteiger charge is -2.28. The summed E-state index contributed by atoms with van der Waals surface area (Å²) in [4.78, 5) is 15.8. The number of thiophene rings is 1. The number of hydrogen-bond acceptors (Lipinski definition) is 4. The Morgan fingerprint density at radius 2 is 2.15 bits per heavy atom. The normalized spacial score (nSPS) is 16.5. The van der Waals surface area contributed by atoms with E-state index >= 15 is 0 Å². The van der Waals surface area contributed by atoms with Crippen LogP contribution in [0.4, 0.5) is 0 Å². The molecular formula is C14H24ClN3OS. The summed E-state index contributed by atoms with van der Waals surface area (Å²) in [6, 6.07) is 4.02. The van der Waals surface area contributed by atoms with E-state index in [9.17, 15) is 4.79 Å². The second kappa shape index (κ2) is 7.98. The smallest absolute Gasteiger partial charge is 0.230 e. The van der Waals surface area contributed by atoms with Crippen molar-refractivity contribution in [1.82, 2.24) is 15.5 Å². The molecular weight excluding hydrogens is 294 g/mol. The zero-order chi connectivity index (χ0) is 13.7. The molecule has 0 atom stereocenters. The molecule has 1 aromatic rings. The van der Waals surface area contributed by atoms with Crippen LogP contribution in [0.1, 0.15) is 18.7 Å². The van der Waals surface area contributed by atoms with E-state index < -0.39 is 5.41 Å². The van der Waals surface area contributed by atoms with Gasteiger partial charge in [-0.15, -0.1) is 23.7 Å². The quantitative estimate of drug-likeness (QED) is 0.864. The second-order valence-corrected chi connectivity index (χ2v) is 6.40. The molecule has 2 rings (SSSR count). The van der Waals surface area contributed by atoms with Gasteiger partial charge < -0.3 is 10.6 Å². The van der Waals surface area contributed by atoms with Crippen LogP contribution in [-0.4, -0.2) is 50.1 Å². The highest BCUT2D eigenvalue weighted by Gasteiger charge is 2.30. The highest BCUT2D eigenvalue weighted by molar-refractivity contribution is 7.10. The fraction of sp³-hybridized carbons (Fsp3) is 0.643. The molecule has 0 aliphatic carbocycles. The number of halogens is 1. The molecule has 4 nitrogen and oxygen atoms in total. The van der Waals surface area contributed by atoms with E-state index in [-0.39, 0.29) is 18.3 Å². The lowest BCUT2D eigenvalue weighted by Crippen LogP contribution is -2.48. The SMILES string of the molecule is CC(C)(C(=O)NCCN1CCNCC1)c1cccs1.Cl.